The SMILES string of the molecule is CC(O)c1cc(OCCCO)ccc1[N+](=O)[O-]. The molecule has 0 aliphatic heterocycles. The van der Waals surface area contributed by atoms with Gasteiger partial charge in [-0.3, -0.25) is 10.1 Å². The van der Waals surface area contributed by atoms with Crippen LogP contribution in [0.5, 0.6) is 5.75 Å². The standard InChI is InChI=1S/C11H15NO5/c1-8(14)10-7-9(17-6-2-5-13)3-4-11(10)12(15)16/h3-4,7-8,13-14H,2,5-6H2,1H3. The zero-order chi connectivity index (χ0) is 12.8. The topological polar surface area (TPSA) is 92.8 Å². The Morgan fingerprint density at radius 1 is 1.53 bits per heavy atom. The predicted molar refractivity (Wildman–Crippen MR) is 60.9 cm³/mol. The third-order valence-electron chi connectivity index (χ3n) is 2.22. The maximum absolute atomic E-state index is 10.7. The van der Waals surface area contributed by atoms with Gasteiger partial charge in [0.2, 0.25) is 0 Å². The van der Waals surface area contributed by atoms with Crippen LogP contribution in [-0.4, -0.2) is 28.4 Å². The van der Waals surface area contributed by atoms with E-state index in [9.17, 15) is 15.2 Å². The van der Waals surface area contributed by atoms with Crippen LogP contribution in [0.1, 0.15) is 25.0 Å². The minimum atomic E-state index is -0.934. The molecule has 6 nitrogen and oxygen atoms in total. The van der Waals surface area contributed by atoms with Gasteiger partial charge in [-0.25, -0.2) is 0 Å². The normalized spacial score (nSPS) is 12.2. The molecule has 1 unspecified atom stereocenters. The maximum Gasteiger partial charge on any atom is 0.275 e. The van der Waals surface area contributed by atoms with Gasteiger partial charge in [0.15, 0.2) is 0 Å². The molecule has 0 bridgehead atoms. The average Bonchev–Trinajstić information content (AvgIpc) is 2.29. The van der Waals surface area contributed by atoms with E-state index in [-0.39, 0.29) is 17.9 Å². The first-order valence-electron chi connectivity index (χ1n) is 5.26. The highest BCUT2D eigenvalue weighted by molar-refractivity contribution is 5.46. The third-order valence-corrected chi connectivity index (χ3v) is 2.22. The van der Waals surface area contributed by atoms with E-state index in [0.717, 1.165) is 0 Å². The predicted octanol–water partition coefficient (Wildman–Crippen LogP) is 1.41. The van der Waals surface area contributed by atoms with Crippen molar-refractivity contribution >= 4 is 5.69 Å². The van der Waals surface area contributed by atoms with Crippen LogP contribution in [0.15, 0.2) is 18.2 Å². The van der Waals surface area contributed by atoms with Crippen LogP contribution in [-0.2, 0) is 0 Å². The van der Waals surface area contributed by atoms with Gasteiger partial charge in [0.05, 0.1) is 23.2 Å². The first kappa shape index (κ1) is 13.4. The van der Waals surface area contributed by atoms with Gasteiger partial charge in [-0.15, -0.1) is 0 Å². The molecule has 94 valence electrons. The molecular weight excluding hydrogens is 226 g/mol. The van der Waals surface area contributed by atoms with E-state index in [0.29, 0.717) is 18.8 Å². The molecule has 0 spiro atoms. The lowest BCUT2D eigenvalue weighted by Crippen LogP contribution is -2.03. The van der Waals surface area contributed by atoms with Gasteiger partial charge in [-0.2, -0.15) is 0 Å². The minimum absolute atomic E-state index is 0.0240. The zero-order valence-corrected chi connectivity index (χ0v) is 9.50. The maximum atomic E-state index is 10.7. The summed E-state index contributed by atoms with van der Waals surface area (Å²) in [5, 5.41) is 28.8. The zero-order valence-electron chi connectivity index (χ0n) is 9.50. The fraction of sp³-hybridized carbons (Fsp3) is 0.455. The van der Waals surface area contributed by atoms with E-state index in [2.05, 4.69) is 0 Å². The van der Waals surface area contributed by atoms with Crippen LogP contribution in [0.4, 0.5) is 5.69 Å². The molecule has 0 radical (unpaired) electrons. The summed E-state index contributed by atoms with van der Waals surface area (Å²) >= 11 is 0. The van der Waals surface area contributed by atoms with E-state index in [1.807, 2.05) is 0 Å². The van der Waals surface area contributed by atoms with Gasteiger partial charge < -0.3 is 14.9 Å². The van der Waals surface area contributed by atoms with Gasteiger partial charge >= 0.3 is 0 Å². The molecule has 0 heterocycles. The summed E-state index contributed by atoms with van der Waals surface area (Å²) in [6.07, 6.45) is -0.446. The van der Waals surface area contributed by atoms with Crippen LogP contribution in [0, 0.1) is 10.1 Å². The van der Waals surface area contributed by atoms with Crippen LogP contribution >= 0.6 is 0 Å². The number of nitrogens with zero attached hydrogens (tertiary/aromatic N) is 1. The largest absolute Gasteiger partial charge is 0.493 e. The van der Waals surface area contributed by atoms with E-state index in [1.165, 1.54) is 25.1 Å². The van der Waals surface area contributed by atoms with Crippen molar-refractivity contribution in [2.24, 2.45) is 0 Å². The Labute approximate surface area is 98.6 Å². The number of ether oxygens (including phenoxy) is 1. The molecule has 1 aromatic carbocycles. The smallest absolute Gasteiger partial charge is 0.275 e. The summed E-state index contributed by atoms with van der Waals surface area (Å²) in [5.74, 6) is 0.444. The Morgan fingerprint density at radius 2 is 2.24 bits per heavy atom. The minimum Gasteiger partial charge on any atom is -0.493 e. The van der Waals surface area contributed by atoms with Crippen molar-refractivity contribution in [3.8, 4) is 5.75 Å². The summed E-state index contributed by atoms with van der Waals surface area (Å²) < 4.78 is 5.28. The molecule has 0 saturated carbocycles. The highest BCUT2D eigenvalue weighted by Gasteiger charge is 2.18. The highest BCUT2D eigenvalue weighted by atomic mass is 16.6. The average molecular weight is 241 g/mol. The number of aliphatic hydroxyl groups is 2. The third kappa shape index (κ3) is 3.69. The summed E-state index contributed by atoms with van der Waals surface area (Å²) in [6, 6.07) is 4.22. The lowest BCUT2D eigenvalue weighted by Gasteiger charge is -2.09. The number of hydrogen-bond acceptors (Lipinski definition) is 5. The molecule has 0 fully saturated rings. The highest BCUT2D eigenvalue weighted by Crippen LogP contribution is 2.29. The quantitative estimate of drug-likeness (QED) is 0.446. The molecular formula is C11H15NO5. The molecule has 1 atom stereocenters. The molecule has 17 heavy (non-hydrogen) atoms. The van der Waals surface area contributed by atoms with Crippen molar-refractivity contribution in [3.05, 3.63) is 33.9 Å². The first-order valence-corrected chi connectivity index (χ1v) is 5.26. The van der Waals surface area contributed by atoms with Crippen molar-refractivity contribution in [1.29, 1.82) is 0 Å². The number of aliphatic hydroxyl groups excluding tert-OH is 2. The Morgan fingerprint density at radius 3 is 2.76 bits per heavy atom. The fourth-order valence-electron chi connectivity index (χ4n) is 1.38. The van der Waals surface area contributed by atoms with Gasteiger partial charge in [0.1, 0.15) is 5.75 Å². The molecule has 0 saturated heterocycles. The summed E-state index contributed by atoms with van der Waals surface area (Å²) in [4.78, 5) is 10.2. The van der Waals surface area contributed by atoms with Crippen molar-refractivity contribution in [2.75, 3.05) is 13.2 Å². The van der Waals surface area contributed by atoms with Gasteiger partial charge in [0.25, 0.3) is 5.69 Å². The number of benzene rings is 1. The van der Waals surface area contributed by atoms with Gasteiger partial charge in [-0.1, -0.05) is 0 Å². The summed E-state index contributed by atoms with van der Waals surface area (Å²) in [6.45, 7) is 1.81. The number of nitro benzene ring substituents is 1. The second-order valence-corrected chi connectivity index (χ2v) is 3.58. The van der Waals surface area contributed by atoms with Crippen LogP contribution in [0.3, 0.4) is 0 Å². The first-order chi connectivity index (χ1) is 8.06. The lowest BCUT2D eigenvalue weighted by molar-refractivity contribution is -0.386. The second kappa shape index (κ2) is 6.17. The Hall–Kier alpha value is -1.66. The van der Waals surface area contributed by atoms with Crippen molar-refractivity contribution < 1.29 is 19.9 Å². The number of hydrogen-bond donors (Lipinski definition) is 2. The lowest BCUT2D eigenvalue weighted by atomic mass is 10.1. The van der Waals surface area contributed by atoms with E-state index in [1.54, 1.807) is 0 Å². The molecule has 0 aliphatic carbocycles. The van der Waals surface area contributed by atoms with Crippen LogP contribution < -0.4 is 4.74 Å². The molecule has 1 rings (SSSR count). The Bertz CT molecular complexity index is 391. The second-order valence-electron chi connectivity index (χ2n) is 3.58. The van der Waals surface area contributed by atoms with Crippen molar-refractivity contribution in [3.63, 3.8) is 0 Å². The fourth-order valence-corrected chi connectivity index (χ4v) is 1.38. The molecule has 2 N–H and O–H groups in total. The van der Waals surface area contributed by atoms with Crippen molar-refractivity contribution in [2.45, 2.75) is 19.4 Å². The van der Waals surface area contributed by atoms with Crippen LogP contribution in [0.25, 0.3) is 0 Å². The number of nitro groups is 1. The van der Waals surface area contributed by atoms with Gasteiger partial charge in [-0.05, 0) is 19.1 Å². The molecule has 0 amide bonds. The molecule has 1 aromatic rings. The van der Waals surface area contributed by atoms with Gasteiger partial charge in [0, 0.05) is 19.1 Å². The molecule has 0 aromatic heterocycles. The van der Waals surface area contributed by atoms with E-state index in [4.69, 9.17) is 9.84 Å². The summed E-state index contributed by atoms with van der Waals surface area (Å²) in [5.41, 5.74) is 0.0889. The monoisotopic (exact) mass is 241 g/mol. The molecule has 6 heteroatoms. The van der Waals surface area contributed by atoms with E-state index < -0.39 is 11.0 Å². The summed E-state index contributed by atoms with van der Waals surface area (Å²) in [7, 11) is 0. The Kier molecular flexibility index (Phi) is 4.86. The van der Waals surface area contributed by atoms with Crippen LogP contribution in [0.2, 0.25) is 0 Å². The molecule has 0 aliphatic rings. The van der Waals surface area contributed by atoms with E-state index >= 15 is 0 Å². The van der Waals surface area contributed by atoms with Crippen molar-refractivity contribution in [1.82, 2.24) is 0 Å². The Balaban J connectivity index is 2.90. The number of rotatable bonds is 6.